The Morgan fingerprint density at radius 1 is 1.00 bits per heavy atom. The highest BCUT2D eigenvalue weighted by Crippen LogP contribution is 2.39. The van der Waals surface area contributed by atoms with Crippen LogP contribution in [0.5, 0.6) is 5.75 Å². The fourth-order valence-electron chi connectivity index (χ4n) is 3.74. The number of carbonyl (C=O) groups excluding carboxylic acids is 1. The monoisotopic (exact) mass is 542 g/mol. The molecule has 1 heterocycles. The number of hydrogen-bond acceptors (Lipinski definition) is 5. The van der Waals surface area contributed by atoms with E-state index in [1.807, 2.05) is 54.6 Å². The zero-order chi connectivity index (χ0) is 24.9. The minimum atomic E-state index is -0.208. The van der Waals surface area contributed by atoms with Crippen molar-refractivity contribution < 1.29 is 9.53 Å². The summed E-state index contributed by atoms with van der Waals surface area (Å²) in [6.07, 6.45) is 1.84. The number of amides is 1. The first-order valence-corrected chi connectivity index (χ1v) is 13.2. The third-order valence-corrected chi connectivity index (χ3v) is 7.65. The molecule has 0 N–H and O–H groups in total. The van der Waals surface area contributed by atoms with Crippen molar-refractivity contribution in [1.29, 1.82) is 0 Å². The number of halogens is 2. The molecule has 0 aromatic heterocycles. The van der Waals surface area contributed by atoms with Gasteiger partial charge in [0.15, 0.2) is 4.32 Å². The van der Waals surface area contributed by atoms with Crippen LogP contribution >= 0.6 is 47.2 Å². The number of thiocarbonyl (C=S) groups is 1. The first-order valence-electron chi connectivity index (χ1n) is 11.2. The lowest BCUT2D eigenvalue weighted by molar-refractivity contribution is -0.113. The second kappa shape index (κ2) is 11.5. The van der Waals surface area contributed by atoms with Crippen molar-refractivity contribution in [3.63, 3.8) is 0 Å². The van der Waals surface area contributed by atoms with Gasteiger partial charge in [0.05, 0.1) is 20.6 Å². The van der Waals surface area contributed by atoms with E-state index in [0.717, 1.165) is 29.9 Å². The maximum atomic E-state index is 13.3. The van der Waals surface area contributed by atoms with Crippen molar-refractivity contribution in [3.8, 4) is 5.75 Å². The number of thioether (sulfide) groups is 1. The maximum absolute atomic E-state index is 13.3. The van der Waals surface area contributed by atoms with E-state index in [1.54, 1.807) is 18.2 Å². The Kier molecular flexibility index (Phi) is 8.39. The Bertz CT molecular complexity index is 1280. The molecule has 0 bridgehead atoms. The van der Waals surface area contributed by atoms with E-state index in [4.69, 9.17) is 40.2 Å². The molecule has 0 atom stereocenters. The van der Waals surface area contributed by atoms with E-state index in [2.05, 4.69) is 18.7 Å². The van der Waals surface area contributed by atoms with Crippen molar-refractivity contribution in [2.45, 2.75) is 20.5 Å². The van der Waals surface area contributed by atoms with Crippen LogP contribution in [-0.4, -0.2) is 23.3 Å². The predicted octanol–water partition coefficient (Wildman–Crippen LogP) is 7.82. The van der Waals surface area contributed by atoms with Gasteiger partial charge in [-0.25, -0.2) is 0 Å². The second-order valence-corrected chi connectivity index (χ2v) is 10.3. The number of benzene rings is 3. The lowest BCUT2D eigenvalue weighted by atomic mass is 10.1. The standard InChI is InChI=1S/C27H24Cl2N2O2S2/c1-3-30(4-2)20-11-10-19(24(16-20)33-17-18-8-6-5-7-9-18)14-25-26(32)31(27(34)35-25)21-12-13-22(28)23(29)15-21/h5-16H,3-4,17H2,1-2H3/b25-14-. The highest BCUT2D eigenvalue weighted by atomic mass is 35.5. The Hall–Kier alpha value is -2.51. The van der Waals surface area contributed by atoms with Crippen LogP contribution in [0.3, 0.4) is 0 Å². The molecule has 1 fully saturated rings. The van der Waals surface area contributed by atoms with Crippen LogP contribution < -0.4 is 14.5 Å². The van der Waals surface area contributed by atoms with Gasteiger partial charge in [0.1, 0.15) is 12.4 Å². The molecule has 3 aromatic carbocycles. The van der Waals surface area contributed by atoms with Gasteiger partial charge in [0, 0.05) is 30.4 Å². The third kappa shape index (κ3) is 5.84. The summed E-state index contributed by atoms with van der Waals surface area (Å²) in [5.74, 6) is 0.498. The Balaban J connectivity index is 1.67. The molecular weight excluding hydrogens is 519 g/mol. The van der Waals surface area contributed by atoms with Gasteiger partial charge in [0.25, 0.3) is 5.91 Å². The smallest absolute Gasteiger partial charge is 0.270 e. The molecule has 0 aliphatic carbocycles. The van der Waals surface area contributed by atoms with E-state index in [1.165, 1.54) is 16.7 Å². The van der Waals surface area contributed by atoms with Crippen molar-refractivity contribution in [2.24, 2.45) is 0 Å². The summed E-state index contributed by atoms with van der Waals surface area (Å²) in [7, 11) is 0. The largest absolute Gasteiger partial charge is 0.488 e. The maximum Gasteiger partial charge on any atom is 0.270 e. The fourth-order valence-corrected chi connectivity index (χ4v) is 5.33. The van der Waals surface area contributed by atoms with Crippen LogP contribution in [0.2, 0.25) is 10.0 Å². The molecule has 1 aliphatic heterocycles. The van der Waals surface area contributed by atoms with Crippen LogP contribution in [0.25, 0.3) is 6.08 Å². The zero-order valence-corrected chi connectivity index (χ0v) is 22.5. The van der Waals surface area contributed by atoms with Gasteiger partial charge in [-0.3, -0.25) is 9.69 Å². The van der Waals surface area contributed by atoms with Gasteiger partial charge in [-0.15, -0.1) is 0 Å². The normalized spacial score (nSPS) is 14.6. The minimum absolute atomic E-state index is 0.208. The van der Waals surface area contributed by atoms with Crippen molar-refractivity contribution in [2.75, 3.05) is 22.9 Å². The molecule has 3 aromatic rings. The summed E-state index contributed by atoms with van der Waals surface area (Å²) in [4.78, 5) is 17.5. The number of nitrogens with zero attached hydrogens (tertiary/aromatic N) is 2. The van der Waals surface area contributed by atoms with E-state index < -0.39 is 0 Å². The Labute approximate surface area is 225 Å². The van der Waals surface area contributed by atoms with Crippen LogP contribution in [0, 0.1) is 0 Å². The van der Waals surface area contributed by atoms with Gasteiger partial charge >= 0.3 is 0 Å². The summed E-state index contributed by atoms with van der Waals surface area (Å²) in [5.41, 5.74) is 3.53. The molecular formula is C27H24Cl2N2O2S2. The highest BCUT2D eigenvalue weighted by Gasteiger charge is 2.33. The molecule has 8 heteroatoms. The number of ether oxygens (including phenoxy) is 1. The van der Waals surface area contributed by atoms with Crippen LogP contribution in [0.4, 0.5) is 11.4 Å². The predicted molar refractivity (Wildman–Crippen MR) is 153 cm³/mol. The van der Waals surface area contributed by atoms with Crippen molar-refractivity contribution in [3.05, 3.63) is 92.8 Å². The molecule has 4 rings (SSSR count). The Morgan fingerprint density at radius 3 is 2.43 bits per heavy atom. The molecule has 1 aliphatic rings. The van der Waals surface area contributed by atoms with Crippen molar-refractivity contribution in [1.82, 2.24) is 0 Å². The summed E-state index contributed by atoms with van der Waals surface area (Å²) in [6, 6.07) is 21.1. The molecule has 0 spiro atoms. The molecule has 180 valence electrons. The molecule has 0 unspecified atom stereocenters. The minimum Gasteiger partial charge on any atom is -0.488 e. The second-order valence-electron chi connectivity index (χ2n) is 7.78. The number of rotatable bonds is 8. The molecule has 0 saturated carbocycles. The number of hydrogen-bond donors (Lipinski definition) is 0. The quantitative estimate of drug-likeness (QED) is 0.214. The van der Waals surface area contributed by atoms with Crippen LogP contribution in [0.1, 0.15) is 25.0 Å². The summed E-state index contributed by atoms with van der Waals surface area (Å²) in [6.45, 7) is 6.44. The molecule has 4 nitrogen and oxygen atoms in total. The first kappa shape index (κ1) is 25.6. The summed E-state index contributed by atoms with van der Waals surface area (Å²) >= 11 is 19.0. The first-order chi connectivity index (χ1) is 16.9. The van der Waals surface area contributed by atoms with Gasteiger partial charge in [-0.2, -0.15) is 0 Å². The molecule has 1 saturated heterocycles. The lowest BCUT2D eigenvalue weighted by Crippen LogP contribution is -2.27. The SMILES string of the molecule is CCN(CC)c1ccc(/C=C2\SC(=S)N(c3ccc(Cl)c(Cl)c3)C2=O)c(OCc2ccccc2)c1. The fraction of sp³-hybridized carbons (Fsp3) is 0.185. The zero-order valence-electron chi connectivity index (χ0n) is 19.3. The highest BCUT2D eigenvalue weighted by molar-refractivity contribution is 8.27. The van der Waals surface area contributed by atoms with Gasteiger partial charge < -0.3 is 9.64 Å². The summed E-state index contributed by atoms with van der Waals surface area (Å²) < 4.78 is 6.68. The molecule has 0 radical (unpaired) electrons. The third-order valence-electron chi connectivity index (χ3n) is 5.60. The molecule has 35 heavy (non-hydrogen) atoms. The average molecular weight is 544 g/mol. The van der Waals surface area contributed by atoms with Gasteiger partial charge in [0.2, 0.25) is 0 Å². The molecule has 1 amide bonds. The van der Waals surface area contributed by atoms with Crippen LogP contribution in [-0.2, 0) is 11.4 Å². The van der Waals surface area contributed by atoms with Crippen LogP contribution in [0.15, 0.2) is 71.6 Å². The van der Waals surface area contributed by atoms with Gasteiger partial charge in [-0.1, -0.05) is 77.5 Å². The number of carbonyl (C=O) groups is 1. The number of anilines is 2. The van der Waals surface area contributed by atoms with E-state index >= 15 is 0 Å². The summed E-state index contributed by atoms with van der Waals surface area (Å²) in [5, 5.41) is 0.788. The Morgan fingerprint density at radius 2 is 1.74 bits per heavy atom. The average Bonchev–Trinajstić information content (AvgIpc) is 3.14. The van der Waals surface area contributed by atoms with E-state index in [0.29, 0.717) is 37.3 Å². The van der Waals surface area contributed by atoms with Gasteiger partial charge in [-0.05, 0) is 55.8 Å². The van der Waals surface area contributed by atoms with E-state index in [-0.39, 0.29) is 5.91 Å². The van der Waals surface area contributed by atoms with Crippen molar-refractivity contribution >= 4 is 74.9 Å². The van der Waals surface area contributed by atoms with E-state index in [9.17, 15) is 4.79 Å². The lowest BCUT2D eigenvalue weighted by Gasteiger charge is -2.22. The topological polar surface area (TPSA) is 32.8 Å².